The number of carbonyl (C=O) groups is 5. The van der Waals surface area contributed by atoms with Crippen LogP contribution in [0.4, 0.5) is 10.5 Å². The first-order chi connectivity index (χ1) is 16.5. The number of imide groups is 1. The summed E-state index contributed by atoms with van der Waals surface area (Å²) in [7, 11) is 2.77. The number of anilines is 1. The summed E-state index contributed by atoms with van der Waals surface area (Å²) in [5, 5.41) is 2.53. The fourth-order valence-electron chi connectivity index (χ4n) is 3.41. The third kappa shape index (κ3) is 5.38. The van der Waals surface area contributed by atoms with Crippen LogP contribution in [0.1, 0.15) is 24.2 Å². The summed E-state index contributed by atoms with van der Waals surface area (Å²) < 4.78 is 15.1. The molecule has 2 unspecified atom stereocenters. The van der Waals surface area contributed by atoms with Crippen LogP contribution in [0.5, 0.6) is 17.2 Å². The third-order valence-electron chi connectivity index (χ3n) is 5.08. The maximum Gasteiger partial charge on any atom is 0.332 e. The van der Waals surface area contributed by atoms with E-state index >= 15 is 0 Å². The molecule has 3 rings (SSSR count). The van der Waals surface area contributed by atoms with Gasteiger partial charge in [-0.05, 0) is 42.5 Å². The molecule has 2 aromatic rings. The quantitative estimate of drug-likeness (QED) is 0.451. The number of methoxy groups -OCH3 is 1. The van der Waals surface area contributed by atoms with Gasteiger partial charge in [-0.15, -0.1) is 0 Å². The molecule has 0 radical (unpaired) electrons. The fraction of sp³-hybridized carbons (Fsp3) is 0.261. The lowest BCUT2D eigenvalue weighted by Gasteiger charge is -2.41. The van der Waals surface area contributed by atoms with Crippen LogP contribution in [0.3, 0.4) is 0 Å². The van der Waals surface area contributed by atoms with Crippen molar-refractivity contribution in [2.45, 2.75) is 26.1 Å². The summed E-state index contributed by atoms with van der Waals surface area (Å²) in [6, 6.07) is 8.26. The Morgan fingerprint density at radius 3 is 2.11 bits per heavy atom. The van der Waals surface area contributed by atoms with Gasteiger partial charge in [0, 0.05) is 32.1 Å². The van der Waals surface area contributed by atoms with Crippen LogP contribution >= 0.6 is 0 Å². The van der Waals surface area contributed by atoms with E-state index in [2.05, 4.69) is 5.32 Å². The number of benzene rings is 2. The van der Waals surface area contributed by atoms with Crippen LogP contribution in [0.2, 0.25) is 0 Å². The Balaban J connectivity index is 1.89. The molecule has 0 saturated carbocycles. The average molecular weight is 484 g/mol. The number of hydrogen-bond acceptors (Lipinski definition) is 9. The van der Waals surface area contributed by atoms with E-state index in [0.29, 0.717) is 11.4 Å². The van der Waals surface area contributed by atoms with Gasteiger partial charge in [0.1, 0.15) is 18.0 Å². The smallest absolute Gasteiger partial charge is 0.332 e. The summed E-state index contributed by atoms with van der Waals surface area (Å²) in [5.74, 6) is -2.47. The van der Waals surface area contributed by atoms with Crippen molar-refractivity contribution in [2.75, 3.05) is 19.1 Å². The first-order valence-corrected chi connectivity index (χ1v) is 10.4. The number of ether oxygens (including phenoxy) is 3. The number of nitrogens with two attached hydrogens (primary N) is 1. The lowest BCUT2D eigenvalue weighted by Crippen LogP contribution is -2.71. The first kappa shape index (κ1) is 25.2. The van der Waals surface area contributed by atoms with Crippen molar-refractivity contribution in [3.05, 3.63) is 48.0 Å². The van der Waals surface area contributed by atoms with Gasteiger partial charge in [-0.25, -0.2) is 4.79 Å². The minimum absolute atomic E-state index is 0.00676. The standard InChI is InChI=1S/C23H24N4O8/c1-12(28)34-17-10-5-14(11-18(17)35-13(2)29)21(30)25-19-20(24)27(23(32)26(3)22(19)31)15-6-8-16(33-4)9-7-15/h5-11,19-20H,24H2,1-4H3,(H,25,30). The molecule has 4 amide bonds. The molecule has 12 nitrogen and oxygen atoms in total. The van der Waals surface area contributed by atoms with Gasteiger partial charge in [-0.1, -0.05) is 0 Å². The van der Waals surface area contributed by atoms with E-state index in [-0.39, 0.29) is 17.1 Å². The predicted octanol–water partition coefficient (Wildman–Crippen LogP) is 1.03. The molecule has 1 aliphatic heterocycles. The number of nitrogens with one attached hydrogen (secondary N) is 1. The van der Waals surface area contributed by atoms with Crippen LogP contribution in [0.15, 0.2) is 42.5 Å². The van der Waals surface area contributed by atoms with E-state index in [1.807, 2.05) is 0 Å². The van der Waals surface area contributed by atoms with Crippen molar-refractivity contribution in [1.29, 1.82) is 0 Å². The highest BCUT2D eigenvalue weighted by molar-refractivity contribution is 6.10. The lowest BCUT2D eigenvalue weighted by molar-refractivity contribution is -0.134. The van der Waals surface area contributed by atoms with Crippen molar-refractivity contribution in [3.63, 3.8) is 0 Å². The van der Waals surface area contributed by atoms with E-state index in [0.717, 1.165) is 11.8 Å². The molecule has 1 aliphatic rings. The van der Waals surface area contributed by atoms with E-state index < -0.39 is 42.0 Å². The molecule has 35 heavy (non-hydrogen) atoms. The Bertz CT molecular complexity index is 1180. The van der Waals surface area contributed by atoms with E-state index in [1.54, 1.807) is 24.3 Å². The molecular weight excluding hydrogens is 460 g/mol. The van der Waals surface area contributed by atoms with E-state index in [9.17, 15) is 24.0 Å². The maximum atomic E-state index is 13.0. The predicted molar refractivity (Wildman–Crippen MR) is 122 cm³/mol. The Labute approximate surface area is 200 Å². The minimum atomic E-state index is -1.29. The highest BCUT2D eigenvalue weighted by atomic mass is 16.6. The summed E-state index contributed by atoms with van der Waals surface area (Å²) in [5.41, 5.74) is 6.64. The van der Waals surface area contributed by atoms with Gasteiger partial charge < -0.3 is 25.3 Å². The number of urea groups is 1. The highest BCUT2D eigenvalue weighted by Crippen LogP contribution is 2.30. The normalized spacial score (nSPS) is 17.6. The SMILES string of the molecule is COc1ccc(N2C(=O)N(C)C(=O)C(NC(=O)c3ccc(OC(C)=O)c(OC(C)=O)c3)C2N)cc1. The summed E-state index contributed by atoms with van der Waals surface area (Å²) in [4.78, 5) is 63.4. The van der Waals surface area contributed by atoms with Gasteiger partial charge in [0.25, 0.3) is 11.8 Å². The second kappa shape index (κ2) is 10.2. The second-order valence-electron chi connectivity index (χ2n) is 7.54. The zero-order chi connectivity index (χ0) is 25.9. The third-order valence-corrected chi connectivity index (χ3v) is 5.08. The number of hydrogen-bond donors (Lipinski definition) is 2. The van der Waals surface area contributed by atoms with Gasteiger partial charge >= 0.3 is 18.0 Å². The van der Waals surface area contributed by atoms with E-state index in [4.69, 9.17) is 19.9 Å². The Hall–Kier alpha value is -4.45. The van der Waals surface area contributed by atoms with Crippen molar-refractivity contribution >= 4 is 35.5 Å². The van der Waals surface area contributed by atoms with Gasteiger partial charge in [0.15, 0.2) is 11.5 Å². The van der Waals surface area contributed by atoms with Crippen molar-refractivity contribution in [2.24, 2.45) is 5.73 Å². The molecule has 2 aromatic carbocycles. The molecule has 184 valence electrons. The van der Waals surface area contributed by atoms with Gasteiger partial charge in [-0.3, -0.25) is 29.0 Å². The molecule has 1 heterocycles. The zero-order valence-electron chi connectivity index (χ0n) is 19.4. The Morgan fingerprint density at radius 1 is 0.943 bits per heavy atom. The maximum absolute atomic E-state index is 13.0. The van der Waals surface area contributed by atoms with Gasteiger partial charge in [0.2, 0.25) is 0 Å². The largest absolute Gasteiger partial charge is 0.497 e. The van der Waals surface area contributed by atoms with Gasteiger partial charge in [0.05, 0.1) is 7.11 Å². The fourth-order valence-corrected chi connectivity index (χ4v) is 3.41. The highest BCUT2D eigenvalue weighted by Gasteiger charge is 2.44. The molecule has 1 saturated heterocycles. The van der Waals surface area contributed by atoms with Crippen molar-refractivity contribution in [1.82, 2.24) is 10.2 Å². The molecular formula is C23H24N4O8. The number of nitrogens with zero attached hydrogens (tertiary/aromatic N) is 2. The number of likely N-dealkylation sites (N-methyl/N-ethyl adjacent to an activating group) is 1. The van der Waals surface area contributed by atoms with E-state index in [1.165, 1.54) is 44.2 Å². The average Bonchev–Trinajstić information content (AvgIpc) is 2.81. The number of carbonyl (C=O) groups excluding carboxylic acids is 5. The zero-order valence-corrected chi connectivity index (χ0v) is 19.4. The van der Waals surface area contributed by atoms with Crippen LogP contribution in [0.25, 0.3) is 0 Å². The molecule has 0 aliphatic carbocycles. The molecule has 2 atom stereocenters. The Morgan fingerprint density at radius 2 is 1.54 bits per heavy atom. The molecule has 0 bridgehead atoms. The molecule has 3 N–H and O–H groups in total. The Kier molecular flexibility index (Phi) is 7.35. The lowest BCUT2D eigenvalue weighted by atomic mass is 10.1. The van der Waals surface area contributed by atoms with Crippen LogP contribution in [-0.2, 0) is 14.4 Å². The first-order valence-electron chi connectivity index (χ1n) is 10.4. The van der Waals surface area contributed by atoms with Crippen LogP contribution in [-0.4, -0.2) is 61.0 Å². The second-order valence-corrected chi connectivity index (χ2v) is 7.54. The molecule has 0 aromatic heterocycles. The minimum Gasteiger partial charge on any atom is -0.497 e. The van der Waals surface area contributed by atoms with Crippen molar-refractivity contribution < 1.29 is 38.2 Å². The van der Waals surface area contributed by atoms with Crippen LogP contribution < -0.4 is 30.2 Å². The van der Waals surface area contributed by atoms with Crippen LogP contribution in [0, 0.1) is 0 Å². The summed E-state index contributed by atoms with van der Waals surface area (Å²) >= 11 is 0. The number of rotatable bonds is 6. The topological polar surface area (TPSA) is 158 Å². The summed E-state index contributed by atoms with van der Waals surface area (Å²) in [6.07, 6.45) is -1.23. The molecule has 12 heteroatoms. The summed E-state index contributed by atoms with van der Waals surface area (Å²) in [6.45, 7) is 2.31. The molecule has 0 spiro atoms. The van der Waals surface area contributed by atoms with Gasteiger partial charge in [-0.2, -0.15) is 0 Å². The van der Waals surface area contributed by atoms with Crippen molar-refractivity contribution in [3.8, 4) is 17.2 Å². The number of amides is 4. The monoisotopic (exact) mass is 484 g/mol. The number of esters is 2. The molecule has 1 fully saturated rings.